The van der Waals surface area contributed by atoms with Gasteiger partial charge in [-0.1, -0.05) is 0 Å². The highest BCUT2D eigenvalue weighted by Gasteiger charge is 2.25. The van der Waals surface area contributed by atoms with E-state index in [0.717, 1.165) is 12.1 Å². The van der Waals surface area contributed by atoms with E-state index in [-0.39, 0.29) is 22.0 Å². The molecule has 0 saturated heterocycles. The molecule has 1 heterocycles. The lowest BCUT2D eigenvalue weighted by atomic mass is 10.3. The van der Waals surface area contributed by atoms with Gasteiger partial charge in [0.05, 0.1) is 22.0 Å². The van der Waals surface area contributed by atoms with Crippen LogP contribution in [0.25, 0.3) is 0 Å². The summed E-state index contributed by atoms with van der Waals surface area (Å²) in [7, 11) is -4.06. The lowest BCUT2D eigenvalue weighted by molar-refractivity contribution is -0.116. The van der Waals surface area contributed by atoms with Crippen LogP contribution in [0.1, 0.15) is 0 Å². The number of nitrogens with one attached hydrogen (secondary N) is 1. The number of hydrogen-bond acceptors (Lipinski definition) is 6. The molecule has 1 aliphatic heterocycles. The molecule has 3 N–H and O–H groups in total. The summed E-state index contributed by atoms with van der Waals surface area (Å²) >= 11 is 0. The van der Waals surface area contributed by atoms with E-state index in [4.69, 9.17) is 15.2 Å². The maximum Gasteiger partial charge on any atom is 0.236 e. The van der Waals surface area contributed by atoms with E-state index in [1.54, 1.807) is 0 Å². The second-order valence-electron chi connectivity index (χ2n) is 5.27. The summed E-state index contributed by atoms with van der Waals surface area (Å²) in [5.74, 6) is -0.653. The van der Waals surface area contributed by atoms with Crippen LogP contribution >= 0.6 is 0 Å². The summed E-state index contributed by atoms with van der Waals surface area (Å²) in [6, 6.07) is 7.38. The quantitative estimate of drug-likeness (QED) is 0.826. The first-order valence-electron chi connectivity index (χ1n) is 7.34. The van der Waals surface area contributed by atoms with E-state index in [2.05, 4.69) is 5.32 Å². The highest BCUT2D eigenvalue weighted by atomic mass is 32.2. The molecule has 25 heavy (non-hydrogen) atoms. The van der Waals surface area contributed by atoms with E-state index < -0.39 is 21.6 Å². The van der Waals surface area contributed by atoms with Crippen LogP contribution in [0, 0.1) is 5.82 Å². The average Bonchev–Trinajstić information content (AvgIpc) is 2.60. The minimum Gasteiger partial charge on any atom is -0.486 e. The molecule has 1 amide bonds. The zero-order chi connectivity index (χ0) is 18.0. The maximum atomic E-state index is 13.6. The zero-order valence-electron chi connectivity index (χ0n) is 13.0. The van der Waals surface area contributed by atoms with Crippen molar-refractivity contribution in [2.75, 3.05) is 25.1 Å². The van der Waals surface area contributed by atoms with Crippen molar-refractivity contribution in [2.45, 2.75) is 9.79 Å². The number of fused-ring (bicyclic) bond motifs is 1. The van der Waals surface area contributed by atoms with Crippen LogP contribution in [0.4, 0.5) is 10.1 Å². The summed E-state index contributed by atoms with van der Waals surface area (Å²) < 4.78 is 50.2. The Hall–Kier alpha value is -2.81. The van der Waals surface area contributed by atoms with E-state index >= 15 is 0 Å². The number of halogens is 1. The van der Waals surface area contributed by atoms with Gasteiger partial charge >= 0.3 is 0 Å². The number of carbonyl (C=O) groups is 1. The van der Waals surface area contributed by atoms with Crippen molar-refractivity contribution in [3.05, 3.63) is 42.2 Å². The molecule has 0 fully saturated rings. The van der Waals surface area contributed by atoms with Gasteiger partial charge in [-0.05, 0) is 30.3 Å². The number of benzene rings is 2. The van der Waals surface area contributed by atoms with Crippen molar-refractivity contribution in [1.82, 2.24) is 0 Å². The normalized spacial score (nSPS) is 13.3. The number of primary amides is 1. The molecule has 9 heteroatoms. The average molecular weight is 366 g/mol. The summed E-state index contributed by atoms with van der Waals surface area (Å²) in [4.78, 5) is 10.6. The Morgan fingerprint density at radius 1 is 1.12 bits per heavy atom. The smallest absolute Gasteiger partial charge is 0.236 e. The molecule has 1 aliphatic rings. The SMILES string of the molecule is NC(=O)CNc1ccc(F)cc1S(=O)(=O)c1ccc2c(c1)OCCO2. The second-order valence-corrected chi connectivity index (χ2v) is 7.19. The molecule has 7 nitrogen and oxygen atoms in total. The molecule has 0 atom stereocenters. The fourth-order valence-electron chi connectivity index (χ4n) is 2.36. The first-order valence-corrected chi connectivity index (χ1v) is 8.83. The van der Waals surface area contributed by atoms with Crippen molar-refractivity contribution in [3.8, 4) is 11.5 Å². The van der Waals surface area contributed by atoms with E-state index in [9.17, 15) is 17.6 Å². The lowest BCUT2D eigenvalue weighted by Crippen LogP contribution is -2.22. The third-order valence-corrected chi connectivity index (χ3v) is 5.30. The monoisotopic (exact) mass is 366 g/mol. The van der Waals surface area contributed by atoms with Gasteiger partial charge in [-0.25, -0.2) is 12.8 Å². The highest BCUT2D eigenvalue weighted by Crippen LogP contribution is 2.35. The molecular weight excluding hydrogens is 351 g/mol. The van der Waals surface area contributed by atoms with Crippen LogP contribution < -0.4 is 20.5 Å². The molecule has 132 valence electrons. The Balaban J connectivity index is 2.05. The Morgan fingerprint density at radius 2 is 1.84 bits per heavy atom. The number of rotatable bonds is 5. The summed E-state index contributed by atoms with van der Waals surface area (Å²) in [6.07, 6.45) is 0. The van der Waals surface area contributed by atoms with Gasteiger partial charge in [0.2, 0.25) is 15.7 Å². The van der Waals surface area contributed by atoms with Crippen LogP contribution in [-0.2, 0) is 14.6 Å². The number of amides is 1. The molecule has 2 aromatic rings. The number of hydrogen-bond donors (Lipinski definition) is 2. The zero-order valence-corrected chi connectivity index (χ0v) is 13.8. The van der Waals surface area contributed by atoms with Crippen LogP contribution in [0.2, 0.25) is 0 Å². The van der Waals surface area contributed by atoms with E-state index in [1.165, 1.54) is 24.3 Å². The molecule has 0 spiro atoms. The number of anilines is 1. The minimum atomic E-state index is -4.06. The van der Waals surface area contributed by atoms with Crippen molar-refractivity contribution >= 4 is 21.4 Å². The van der Waals surface area contributed by atoms with Crippen LogP contribution in [0.3, 0.4) is 0 Å². The van der Waals surface area contributed by atoms with Gasteiger partial charge in [0.25, 0.3) is 0 Å². The Bertz CT molecular complexity index is 930. The van der Waals surface area contributed by atoms with Gasteiger partial charge < -0.3 is 20.5 Å². The Morgan fingerprint density at radius 3 is 2.56 bits per heavy atom. The van der Waals surface area contributed by atoms with Gasteiger partial charge in [0.1, 0.15) is 19.0 Å². The third-order valence-electron chi connectivity index (χ3n) is 3.51. The largest absolute Gasteiger partial charge is 0.486 e. The summed E-state index contributed by atoms with van der Waals surface area (Å²) in [5.41, 5.74) is 5.14. The standard InChI is InChI=1S/C16H15FN2O5S/c17-10-1-3-12(19-9-16(18)20)15(7-10)25(21,22)11-2-4-13-14(8-11)24-6-5-23-13/h1-4,7-8,19H,5-6,9H2,(H2,18,20). The minimum absolute atomic E-state index is 0.0788. The van der Waals surface area contributed by atoms with Crippen molar-refractivity contribution in [3.63, 3.8) is 0 Å². The number of ether oxygens (including phenoxy) is 2. The molecule has 0 bridgehead atoms. The predicted molar refractivity (Wildman–Crippen MR) is 87.0 cm³/mol. The fourth-order valence-corrected chi connectivity index (χ4v) is 3.83. The molecule has 3 rings (SSSR count). The summed E-state index contributed by atoms with van der Waals surface area (Å²) in [6.45, 7) is 0.404. The maximum absolute atomic E-state index is 13.6. The van der Waals surface area contributed by atoms with Crippen LogP contribution in [0.15, 0.2) is 46.2 Å². The van der Waals surface area contributed by atoms with E-state index in [0.29, 0.717) is 24.7 Å². The van der Waals surface area contributed by atoms with Crippen LogP contribution in [-0.4, -0.2) is 34.1 Å². The molecular formula is C16H15FN2O5S. The van der Waals surface area contributed by atoms with Gasteiger partial charge in [0, 0.05) is 6.07 Å². The van der Waals surface area contributed by atoms with Crippen LogP contribution in [0.5, 0.6) is 11.5 Å². The topological polar surface area (TPSA) is 108 Å². The second kappa shape index (κ2) is 6.60. The van der Waals surface area contributed by atoms with Crippen molar-refractivity contribution in [1.29, 1.82) is 0 Å². The summed E-state index contributed by atoms with van der Waals surface area (Å²) in [5, 5.41) is 2.60. The third kappa shape index (κ3) is 3.50. The number of nitrogens with two attached hydrogens (primary N) is 1. The number of carbonyl (C=O) groups excluding carboxylic acids is 1. The van der Waals surface area contributed by atoms with Gasteiger partial charge in [0.15, 0.2) is 11.5 Å². The highest BCUT2D eigenvalue weighted by molar-refractivity contribution is 7.91. The van der Waals surface area contributed by atoms with E-state index in [1.807, 2.05) is 0 Å². The number of sulfone groups is 1. The van der Waals surface area contributed by atoms with Gasteiger partial charge in [-0.3, -0.25) is 4.79 Å². The molecule has 0 unspecified atom stereocenters. The van der Waals surface area contributed by atoms with Gasteiger partial charge in [-0.15, -0.1) is 0 Å². The lowest BCUT2D eigenvalue weighted by Gasteiger charge is -2.19. The first kappa shape index (κ1) is 17.0. The first-order chi connectivity index (χ1) is 11.9. The molecule has 2 aromatic carbocycles. The Labute approximate surface area is 143 Å². The van der Waals surface area contributed by atoms with Crippen molar-refractivity contribution < 1.29 is 27.1 Å². The molecule has 0 aliphatic carbocycles. The fraction of sp³-hybridized carbons (Fsp3) is 0.188. The van der Waals surface area contributed by atoms with Gasteiger partial charge in [-0.2, -0.15) is 0 Å². The Kier molecular flexibility index (Phi) is 4.49. The molecule has 0 aromatic heterocycles. The van der Waals surface area contributed by atoms with Crippen molar-refractivity contribution in [2.24, 2.45) is 5.73 Å². The molecule has 0 saturated carbocycles. The predicted octanol–water partition coefficient (Wildman–Crippen LogP) is 1.33. The molecule has 0 radical (unpaired) electrons.